The zero-order valence-corrected chi connectivity index (χ0v) is 16.3. The number of hydrogen-bond acceptors (Lipinski definition) is 4. The van der Waals surface area contributed by atoms with Crippen molar-refractivity contribution in [1.29, 1.82) is 0 Å². The number of rotatable bonds is 5. The molecule has 0 fully saturated rings. The van der Waals surface area contributed by atoms with E-state index >= 15 is 0 Å². The smallest absolute Gasteiger partial charge is 0.279 e. The Morgan fingerprint density at radius 2 is 1.69 bits per heavy atom. The van der Waals surface area contributed by atoms with E-state index in [1.165, 1.54) is 31.2 Å². The fraction of sp³-hybridized carbons (Fsp3) is 0.190. The molecule has 2 N–H and O–H groups in total. The minimum atomic E-state index is -0.880. The summed E-state index contributed by atoms with van der Waals surface area (Å²) in [4.78, 5) is 24.3. The quantitative estimate of drug-likeness (QED) is 0.650. The number of amides is 2. The molecule has 0 aliphatic carbocycles. The number of benzene rings is 2. The summed E-state index contributed by atoms with van der Waals surface area (Å²) in [5.41, 5.74) is 7.77. The maximum atomic E-state index is 12.9. The summed E-state index contributed by atoms with van der Waals surface area (Å²) in [6, 6.07) is 14.1. The van der Waals surface area contributed by atoms with Crippen LogP contribution in [0, 0.1) is 19.7 Å². The van der Waals surface area contributed by atoms with Gasteiger partial charge in [-0.3, -0.25) is 20.4 Å². The van der Waals surface area contributed by atoms with Crippen LogP contribution < -0.4 is 15.6 Å². The number of hydrazine groups is 1. The molecule has 0 aliphatic heterocycles. The van der Waals surface area contributed by atoms with Gasteiger partial charge in [-0.05, 0) is 75.4 Å². The molecule has 1 atom stereocenters. The van der Waals surface area contributed by atoms with Crippen molar-refractivity contribution in [2.45, 2.75) is 26.9 Å². The molecule has 0 saturated carbocycles. The van der Waals surface area contributed by atoms with E-state index in [0.29, 0.717) is 11.3 Å². The average Bonchev–Trinajstić information content (AvgIpc) is 3.05. The predicted molar refractivity (Wildman–Crippen MR) is 105 cm³/mol. The molecule has 150 valence electrons. The van der Waals surface area contributed by atoms with Crippen molar-refractivity contribution in [2.24, 2.45) is 0 Å². The zero-order chi connectivity index (χ0) is 21.0. The summed E-state index contributed by atoms with van der Waals surface area (Å²) in [5.74, 6) is -1.06. The summed E-state index contributed by atoms with van der Waals surface area (Å²) in [7, 11) is 0. The number of carbonyl (C=O) groups excluding carboxylic acids is 2. The summed E-state index contributed by atoms with van der Waals surface area (Å²) in [5, 5.41) is 4.40. The van der Waals surface area contributed by atoms with Crippen LogP contribution >= 0.6 is 0 Å². The van der Waals surface area contributed by atoms with E-state index in [0.717, 1.165) is 17.1 Å². The normalized spacial score (nSPS) is 11.6. The third-order valence-corrected chi connectivity index (χ3v) is 4.18. The minimum absolute atomic E-state index is 0.347. The van der Waals surface area contributed by atoms with Crippen molar-refractivity contribution >= 4 is 11.8 Å². The largest absolute Gasteiger partial charge is 0.481 e. The van der Waals surface area contributed by atoms with Crippen LogP contribution in [0.2, 0.25) is 0 Å². The van der Waals surface area contributed by atoms with Gasteiger partial charge in [-0.15, -0.1) is 0 Å². The van der Waals surface area contributed by atoms with Gasteiger partial charge in [0.1, 0.15) is 11.6 Å². The Bertz CT molecular complexity index is 1010. The fourth-order valence-electron chi connectivity index (χ4n) is 2.71. The highest BCUT2D eigenvalue weighted by Gasteiger charge is 2.16. The molecule has 1 aromatic heterocycles. The Morgan fingerprint density at radius 3 is 2.28 bits per heavy atom. The van der Waals surface area contributed by atoms with Crippen molar-refractivity contribution in [3.05, 3.63) is 77.4 Å². The molecule has 2 aromatic carbocycles. The number of halogens is 1. The topological polar surface area (TPSA) is 85.2 Å². The third-order valence-electron chi connectivity index (χ3n) is 4.18. The fourth-order valence-corrected chi connectivity index (χ4v) is 2.71. The number of aryl methyl sites for hydroxylation is 2. The predicted octanol–water partition coefficient (Wildman–Crippen LogP) is 2.86. The first kappa shape index (κ1) is 20.1. The lowest BCUT2D eigenvalue weighted by Crippen LogP contribution is -2.47. The van der Waals surface area contributed by atoms with Crippen molar-refractivity contribution in [3.8, 4) is 11.4 Å². The molecule has 3 aromatic rings. The van der Waals surface area contributed by atoms with E-state index < -0.39 is 23.7 Å². The molecule has 0 radical (unpaired) electrons. The van der Waals surface area contributed by atoms with Gasteiger partial charge in [0.2, 0.25) is 0 Å². The number of carbonyl (C=O) groups is 2. The highest BCUT2D eigenvalue weighted by molar-refractivity contribution is 5.95. The van der Waals surface area contributed by atoms with Crippen LogP contribution in [0.4, 0.5) is 4.39 Å². The zero-order valence-electron chi connectivity index (χ0n) is 16.3. The number of aromatic nitrogens is 2. The average molecular weight is 396 g/mol. The summed E-state index contributed by atoms with van der Waals surface area (Å²) < 4.78 is 20.1. The molecule has 1 heterocycles. The van der Waals surface area contributed by atoms with Crippen molar-refractivity contribution in [3.63, 3.8) is 0 Å². The van der Waals surface area contributed by atoms with Crippen LogP contribution in [-0.4, -0.2) is 27.7 Å². The number of ether oxygens (including phenoxy) is 1. The summed E-state index contributed by atoms with van der Waals surface area (Å²) in [6.07, 6.45) is -0.880. The number of nitrogens with one attached hydrogen (secondary N) is 2. The first-order valence-electron chi connectivity index (χ1n) is 8.99. The van der Waals surface area contributed by atoms with Crippen molar-refractivity contribution in [2.75, 3.05) is 0 Å². The molecule has 0 aliphatic rings. The second-order valence-electron chi connectivity index (χ2n) is 6.54. The van der Waals surface area contributed by atoms with Gasteiger partial charge in [-0.2, -0.15) is 5.10 Å². The van der Waals surface area contributed by atoms with Crippen LogP contribution in [0.3, 0.4) is 0 Å². The molecular weight excluding hydrogens is 375 g/mol. The lowest BCUT2D eigenvalue weighted by atomic mass is 10.2. The molecule has 8 heteroatoms. The van der Waals surface area contributed by atoms with Crippen LogP contribution in [0.5, 0.6) is 5.75 Å². The Balaban J connectivity index is 1.55. The number of nitrogens with zero attached hydrogens (tertiary/aromatic N) is 2. The molecule has 0 bridgehead atoms. The first-order chi connectivity index (χ1) is 13.8. The van der Waals surface area contributed by atoms with Gasteiger partial charge in [0, 0.05) is 11.3 Å². The van der Waals surface area contributed by atoms with E-state index in [1.807, 2.05) is 19.9 Å². The lowest BCUT2D eigenvalue weighted by molar-refractivity contribution is -0.128. The second kappa shape index (κ2) is 8.55. The summed E-state index contributed by atoms with van der Waals surface area (Å²) in [6.45, 7) is 5.38. The number of hydrogen-bond donors (Lipinski definition) is 2. The van der Waals surface area contributed by atoms with Crippen molar-refractivity contribution < 1.29 is 18.7 Å². The monoisotopic (exact) mass is 396 g/mol. The molecular formula is C21H21FN4O3. The van der Waals surface area contributed by atoms with Gasteiger partial charge in [-0.25, -0.2) is 9.07 Å². The Hall–Kier alpha value is -3.68. The van der Waals surface area contributed by atoms with Gasteiger partial charge in [0.15, 0.2) is 6.10 Å². The Labute approximate surface area is 167 Å². The van der Waals surface area contributed by atoms with Crippen LogP contribution in [-0.2, 0) is 4.79 Å². The molecule has 3 rings (SSSR count). The van der Waals surface area contributed by atoms with E-state index in [2.05, 4.69) is 16.0 Å². The third kappa shape index (κ3) is 4.98. The van der Waals surface area contributed by atoms with Crippen molar-refractivity contribution in [1.82, 2.24) is 20.6 Å². The van der Waals surface area contributed by atoms with Crippen LogP contribution in [0.15, 0.2) is 54.6 Å². The standard InChI is InChI=1S/C21H21FN4O3/c1-13-12-14(2)26(25-13)18-8-4-16(5-9-18)21(28)24-23-20(27)15(3)29-19-10-6-17(22)7-11-19/h4-12,15H,1-3H3,(H,23,27)(H,24,28). The van der Waals surface area contributed by atoms with E-state index in [4.69, 9.17) is 4.74 Å². The minimum Gasteiger partial charge on any atom is -0.481 e. The molecule has 7 nitrogen and oxygen atoms in total. The Morgan fingerprint density at radius 1 is 1.03 bits per heavy atom. The maximum absolute atomic E-state index is 12.9. The van der Waals surface area contributed by atoms with Crippen LogP contribution in [0.1, 0.15) is 28.7 Å². The van der Waals surface area contributed by atoms with Gasteiger partial charge < -0.3 is 4.74 Å². The maximum Gasteiger partial charge on any atom is 0.279 e. The first-order valence-corrected chi connectivity index (χ1v) is 8.99. The van der Waals surface area contributed by atoms with Gasteiger partial charge in [0.05, 0.1) is 11.4 Å². The SMILES string of the molecule is Cc1cc(C)n(-c2ccc(C(=O)NNC(=O)C(C)Oc3ccc(F)cc3)cc2)n1. The van der Waals surface area contributed by atoms with Crippen LogP contribution in [0.25, 0.3) is 5.69 Å². The highest BCUT2D eigenvalue weighted by atomic mass is 19.1. The van der Waals surface area contributed by atoms with Gasteiger partial charge in [0.25, 0.3) is 11.8 Å². The Kier molecular flexibility index (Phi) is 5.92. The molecule has 1 unspecified atom stereocenters. The van der Waals surface area contributed by atoms with E-state index in [1.54, 1.807) is 28.9 Å². The van der Waals surface area contributed by atoms with Gasteiger partial charge in [-0.1, -0.05) is 0 Å². The lowest BCUT2D eigenvalue weighted by Gasteiger charge is -2.15. The molecule has 0 saturated heterocycles. The van der Waals surface area contributed by atoms with Gasteiger partial charge >= 0.3 is 0 Å². The van der Waals surface area contributed by atoms with E-state index in [9.17, 15) is 14.0 Å². The summed E-state index contributed by atoms with van der Waals surface area (Å²) >= 11 is 0. The highest BCUT2D eigenvalue weighted by Crippen LogP contribution is 2.14. The second-order valence-corrected chi connectivity index (χ2v) is 6.54. The van der Waals surface area contributed by atoms with E-state index in [-0.39, 0.29) is 0 Å². The molecule has 29 heavy (non-hydrogen) atoms. The molecule has 2 amide bonds. The molecule has 0 spiro atoms.